The number of para-hydroxylation sites is 1. The third-order valence-electron chi connectivity index (χ3n) is 5.52. The molecule has 0 saturated heterocycles. The van der Waals surface area contributed by atoms with Crippen molar-refractivity contribution in [1.82, 2.24) is 14.5 Å². The minimum Gasteiger partial charge on any atom is -0.339 e. The Morgan fingerprint density at radius 3 is 2.36 bits per heavy atom. The zero-order chi connectivity index (χ0) is 23.0. The Hall–Kier alpha value is -4.13. The molecule has 164 valence electrons. The van der Waals surface area contributed by atoms with Gasteiger partial charge in [0.05, 0.1) is 10.9 Å². The number of anilines is 2. The summed E-state index contributed by atoms with van der Waals surface area (Å²) in [5.41, 5.74) is 3.84. The molecule has 0 atom stereocenters. The Labute approximate surface area is 188 Å². The van der Waals surface area contributed by atoms with Crippen LogP contribution in [0.1, 0.15) is 11.1 Å². The van der Waals surface area contributed by atoms with Gasteiger partial charge in [-0.2, -0.15) is 13.2 Å². The Kier molecular flexibility index (Phi) is 5.09. The minimum absolute atomic E-state index is 0.373. The number of aromatic nitrogens is 3. The van der Waals surface area contributed by atoms with Crippen molar-refractivity contribution in [3.63, 3.8) is 0 Å². The van der Waals surface area contributed by atoms with Gasteiger partial charge < -0.3 is 9.88 Å². The van der Waals surface area contributed by atoms with E-state index in [1.807, 2.05) is 67.7 Å². The number of nitrogens with zero attached hydrogens (tertiary/aromatic N) is 3. The Balaban J connectivity index is 1.75. The van der Waals surface area contributed by atoms with Crippen LogP contribution < -0.4 is 5.32 Å². The Bertz CT molecular complexity index is 1440. The lowest BCUT2D eigenvalue weighted by Crippen LogP contribution is -2.06. The van der Waals surface area contributed by atoms with Crippen LogP contribution in [0.3, 0.4) is 0 Å². The van der Waals surface area contributed by atoms with Crippen molar-refractivity contribution in [3.05, 3.63) is 103 Å². The van der Waals surface area contributed by atoms with E-state index in [-0.39, 0.29) is 0 Å². The second-order valence-corrected chi connectivity index (χ2v) is 7.69. The van der Waals surface area contributed by atoms with Crippen LogP contribution >= 0.6 is 0 Å². The van der Waals surface area contributed by atoms with E-state index in [4.69, 9.17) is 0 Å². The van der Waals surface area contributed by atoms with E-state index in [0.29, 0.717) is 17.2 Å². The molecule has 3 aromatic carbocycles. The quantitative estimate of drug-likeness (QED) is 0.320. The summed E-state index contributed by atoms with van der Waals surface area (Å²) in [6.07, 6.45) is -1.21. The van der Waals surface area contributed by atoms with Gasteiger partial charge in [0.1, 0.15) is 12.1 Å². The molecule has 0 aliphatic heterocycles. The highest BCUT2D eigenvalue weighted by molar-refractivity contribution is 6.03. The lowest BCUT2D eigenvalue weighted by molar-refractivity contribution is -0.137. The van der Waals surface area contributed by atoms with Gasteiger partial charge in [-0.3, -0.25) is 0 Å². The molecule has 5 aromatic rings. The molecule has 0 fully saturated rings. The summed E-state index contributed by atoms with van der Waals surface area (Å²) in [6, 6.07) is 22.7. The van der Waals surface area contributed by atoms with Crippen LogP contribution in [0.15, 0.2) is 91.4 Å². The molecule has 2 aromatic heterocycles. The van der Waals surface area contributed by atoms with E-state index in [1.54, 1.807) is 10.6 Å². The standard InChI is InChI=1S/C26H19F3N4/c1-17-8-5-6-13-22(17)32-24-23-21(18-9-3-2-4-10-18)15-33(25(23)31-16-30-24)20-12-7-11-19(14-20)26(27,28)29/h2-16H,1H3,(H,30,31,32). The predicted molar refractivity (Wildman–Crippen MR) is 124 cm³/mol. The topological polar surface area (TPSA) is 42.7 Å². The maximum Gasteiger partial charge on any atom is 0.416 e. The molecule has 0 radical (unpaired) electrons. The molecule has 0 aliphatic carbocycles. The van der Waals surface area contributed by atoms with E-state index >= 15 is 0 Å². The lowest BCUT2D eigenvalue weighted by atomic mass is 10.1. The number of hydrogen-bond acceptors (Lipinski definition) is 3. The first-order chi connectivity index (χ1) is 15.9. The average Bonchev–Trinajstić information content (AvgIpc) is 3.21. The second kappa shape index (κ2) is 8.09. The summed E-state index contributed by atoms with van der Waals surface area (Å²) in [6.45, 7) is 1.99. The monoisotopic (exact) mass is 444 g/mol. The van der Waals surface area contributed by atoms with Gasteiger partial charge in [0.25, 0.3) is 0 Å². The predicted octanol–water partition coefficient (Wildman–Crippen LogP) is 7.16. The molecule has 1 N–H and O–H groups in total. The molecular formula is C26H19F3N4. The van der Waals surface area contributed by atoms with E-state index in [9.17, 15) is 13.2 Å². The maximum absolute atomic E-state index is 13.4. The zero-order valence-electron chi connectivity index (χ0n) is 17.6. The smallest absolute Gasteiger partial charge is 0.339 e. The van der Waals surface area contributed by atoms with Gasteiger partial charge in [-0.25, -0.2) is 9.97 Å². The fraction of sp³-hybridized carbons (Fsp3) is 0.0769. The van der Waals surface area contributed by atoms with Gasteiger partial charge >= 0.3 is 6.18 Å². The van der Waals surface area contributed by atoms with Crippen LogP contribution in [0.25, 0.3) is 27.8 Å². The van der Waals surface area contributed by atoms with Crippen molar-refractivity contribution in [1.29, 1.82) is 0 Å². The van der Waals surface area contributed by atoms with E-state index < -0.39 is 11.7 Å². The number of hydrogen-bond donors (Lipinski definition) is 1. The van der Waals surface area contributed by atoms with E-state index in [0.717, 1.165) is 39.9 Å². The van der Waals surface area contributed by atoms with Gasteiger partial charge in [-0.1, -0.05) is 54.6 Å². The van der Waals surface area contributed by atoms with Crippen LogP contribution in [0, 0.1) is 6.92 Å². The Morgan fingerprint density at radius 1 is 0.848 bits per heavy atom. The van der Waals surface area contributed by atoms with Crippen LogP contribution in [0.2, 0.25) is 0 Å². The molecule has 0 bridgehead atoms. The summed E-state index contributed by atoms with van der Waals surface area (Å²) in [7, 11) is 0. The van der Waals surface area contributed by atoms with Crippen molar-refractivity contribution in [2.45, 2.75) is 13.1 Å². The number of benzene rings is 3. The number of halogens is 3. The van der Waals surface area contributed by atoms with Crippen LogP contribution in [0.5, 0.6) is 0 Å². The minimum atomic E-state index is -4.44. The largest absolute Gasteiger partial charge is 0.416 e. The molecule has 0 aliphatic rings. The zero-order valence-corrected chi connectivity index (χ0v) is 17.6. The number of aryl methyl sites for hydroxylation is 1. The molecule has 0 spiro atoms. The molecule has 0 amide bonds. The molecular weight excluding hydrogens is 425 g/mol. The first-order valence-electron chi connectivity index (χ1n) is 10.3. The fourth-order valence-electron chi connectivity index (χ4n) is 3.86. The van der Waals surface area contributed by atoms with Gasteiger partial charge in [0, 0.05) is 23.1 Å². The highest BCUT2D eigenvalue weighted by Gasteiger charge is 2.30. The third kappa shape index (κ3) is 3.93. The van der Waals surface area contributed by atoms with Crippen molar-refractivity contribution in [2.24, 2.45) is 0 Å². The van der Waals surface area contributed by atoms with Crippen molar-refractivity contribution < 1.29 is 13.2 Å². The van der Waals surface area contributed by atoms with Crippen molar-refractivity contribution in [2.75, 3.05) is 5.32 Å². The molecule has 33 heavy (non-hydrogen) atoms. The highest BCUT2D eigenvalue weighted by atomic mass is 19.4. The number of nitrogens with one attached hydrogen (secondary N) is 1. The van der Waals surface area contributed by atoms with E-state index in [1.165, 1.54) is 12.4 Å². The Morgan fingerprint density at radius 2 is 1.61 bits per heavy atom. The summed E-state index contributed by atoms with van der Waals surface area (Å²) >= 11 is 0. The van der Waals surface area contributed by atoms with Gasteiger partial charge in [-0.15, -0.1) is 0 Å². The highest BCUT2D eigenvalue weighted by Crippen LogP contribution is 2.37. The third-order valence-corrected chi connectivity index (χ3v) is 5.52. The fourth-order valence-corrected chi connectivity index (χ4v) is 3.86. The van der Waals surface area contributed by atoms with Gasteiger partial charge in [0.2, 0.25) is 0 Å². The normalized spacial score (nSPS) is 11.6. The van der Waals surface area contributed by atoms with E-state index in [2.05, 4.69) is 15.3 Å². The van der Waals surface area contributed by atoms with Gasteiger partial charge in [-0.05, 0) is 42.3 Å². The molecule has 0 unspecified atom stereocenters. The second-order valence-electron chi connectivity index (χ2n) is 7.69. The summed E-state index contributed by atoms with van der Waals surface area (Å²) in [4.78, 5) is 8.93. The number of rotatable bonds is 4. The summed E-state index contributed by atoms with van der Waals surface area (Å²) < 4.78 is 41.8. The average molecular weight is 444 g/mol. The number of fused-ring (bicyclic) bond motifs is 1. The van der Waals surface area contributed by atoms with Crippen LogP contribution in [0.4, 0.5) is 24.7 Å². The van der Waals surface area contributed by atoms with Crippen molar-refractivity contribution in [3.8, 4) is 16.8 Å². The lowest BCUT2D eigenvalue weighted by Gasteiger charge is -2.11. The maximum atomic E-state index is 13.4. The first kappa shape index (κ1) is 20.8. The van der Waals surface area contributed by atoms with Gasteiger partial charge in [0.15, 0.2) is 5.65 Å². The molecule has 5 rings (SSSR count). The van der Waals surface area contributed by atoms with Crippen LogP contribution in [-0.4, -0.2) is 14.5 Å². The van der Waals surface area contributed by atoms with Crippen LogP contribution in [-0.2, 0) is 6.18 Å². The first-order valence-corrected chi connectivity index (χ1v) is 10.3. The summed E-state index contributed by atoms with van der Waals surface area (Å²) in [5.74, 6) is 0.582. The summed E-state index contributed by atoms with van der Waals surface area (Å²) in [5, 5.41) is 4.11. The molecule has 7 heteroatoms. The molecule has 4 nitrogen and oxygen atoms in total. The number of alkyl halides is 3. The van der Waals surface area contributed by atoms with Crippen molar-refractivity contribution >= 4 is 22.5 Å². The SMILES string of the molecule is Cc1ccccc1Nc1ncnc2c1c(-c1ccccc1)cn2-c1cccc(C(F)(F)F)c1. The molecule has 0 saturated carbocycles. The molecule has 2 heterocycles.